The highest BCUT2D eigenvalue weighted by Crippen LogP contribution is 2.19. The maximum absolute atomic E-state index is 13.1. The molecule has 11 heteroatoms. The number of hydrogen-bond acceptors (Lipinski definition) is 8. The number of nitrogens with zero attached hydrogens (tertiary/aromatic N) is 3. The number of hydrogen-bond donors (Lipinski definition) is 2. The van der Waals surface area contributed by atoms with Crippen LogP contribution in [0.2, 0.25) is 0 Å². The van der Waals surface area contributed by atoms with Crippen molar-refractivity contribution in [2.24, 2.45) is 5.73 Å². The van der Waals surface area contributed by atoms with Crippen molar-refractivity contribution in [1.29, 1.82) is 0 Å². The zero-order valence-corrected chi connectivity index (χ0v) is 17.4. The molecule has 0 atom stereocenters. The summed E-state index contributed by atoms with van der Waals surface area (Å²) in [4.78, 5) is 48.0. The maximum atomic E-state index is 13.1. The van der Waals surface area contributed by atoms with E-state index in [9.17, 15) is 29.8 Å². The van der Waals surface area contributed by atoms with Crippen molar-refractivity contribution < 1.29 is 19.4 Å². The van der Waals surface area contributed by atoms with Gasteiger partial charge in [-0.2, -0.15) is 0 Å². The molecule has 0 bridgehead atoms. The Morgan fingerprint density at radius 2 is 1.34 bits per heavy atom. The highest BCUT2D eigenvalue weighted by molar-refractivity contribution is 6.10. The smallest absolute Gasteiger partial charge is 0.270 e. The summed E-state index contributed by atoms with van der Waals surface area (Å²) in [5.41, 5.74) is 4.86. The van der Waals surface area contributed by atoms with Gasteiger partial charge in [-0.15, -0.1) is 0 Å². The molecule has 0 spiro atoms. The van der Waals surface area contributed by atoms with Crippen LogP contribution in [0.5, 0.6) is 0 Å². The zero-order chi connectivity index (χ0) is 23.5. The van der Waals surface area contributed by atoms with E-state index in [1.54, 1.807) is 0 Å². The van der Waals surface area contributed by atoms with Crippen molar-refractivity contribution in [2.45, 2.75) is 19.3 Å². The van der Waals surface area contributed by atoms with Gasteiger partial charge in [-0.3, -0.25) is 34.7 Å². The Balaban J connectivity index is 2.22. The van der Waals surface area contributed by atoms with E-state index >= 15 is 0 Å². The van der Waals surface area contributed by atoms with E-state index in [2.05, 4.69) is 5.32 Å². The minimum Gasteiger partial charge on any atom is -0.330 e. The predicted octanol–water partition coefficient (Wildman–Crippen LogP) is 2.50. The van der Waals surface area contributed by atoms with Crippen LogP contribution in [0.1, 0.15) is 40.0 Å². The van der Waals surface area contributed by atoms with Gasteiger partial charge in [0.2, 0.25) is 0 Å². The van der Waals surface area contributed by atoms with E-state index in [0.29, 0.717) is 19.5 Å². The second kappa shape index (κ2) is 12.2. The standard InChI is InChI=1S/C21H25N5O6/c22-10-1-2-11-23-12-5-13-24(20(27)16-6-3-8-18(14-16)25(29)30)21(28)17-7-4-9-19(15-17)26(31)32/h3-4,6-9,14-15,23H,1-2,5,10-13,22H2. The van der Waals surface area contributed by atoms with E-state index in [1.807, 2.05) is 0 Å². The first kappa shape index (κ1) is 24.6. The molecule has 0 fully saturated rings. The molecule has 0 saturated carbocycles. The summed E-state index contributed by atoms with van der Waals surface area (Å²) in [5.74, 6) is -1.43. The number of nitro benzene ring substituents is 2. The average molecular weight is 443 g/mol. The van der Waals surface area contributed by atoms with Gasteiger partial charge in [0, 0.05) is 41.9 Å². The largest absolute Gasteiger partial charge is 0.330 e. The normalized spacial score (nSPS) is 10.5. The SMILES string of the molecule is NCCCCNCCCN(C(=O)c1cccc([N+](=O)[O-])c1)C(=O)c1cccc([N+](=O)[O-])c1. The molecule has 2 aromatic rings. The van der Waals surface area contributed by atoms with Gasteiger partial charge in [0.1, 0.15) is 0 Å². The van der Waals surface area contributed by atoms with Gasteiger partial charge in [-0.25, -0.2) is 0 Å². The molecule has 2 aromatic carbocycles. The van der Waals surface area contributed by atoms with Gasteiger partial charge in [-0.05, 0) is 51.0 Å². The Morgan fingerprint density at radius 1 is 0.844 bits per heavy atom. The summed E-state index contributed by atoms with van der Waals surface area (Å²) < 4.78 is 0. The van der Waals surface area contributed by atoms with Gasteiger partial charge in [0.25, 0.3) is 23.2 Å². The zero-order valence-electron chi connectivity index (χ0n) is 17.4. The van der Waals surface area contributed by atoms with Crippen molar-refractivity contribution in [1.82, 2.24) is 10.2 Å². The van der Waals surface area contributed by atoms with Crippen LogP contribution in [0.3, 0.4) is 0 Å². The van der Waals surface area contributed by atoms with Crippen LogP contribution in [-0.2, 0) is 0 Å². The number of imide groups is 1. The number of carbonyl (C=O) groups is 2. The third-order valence-corrected chi connectivity index (χ3v) is 4.64. The fraction of sp³-hybridized carbons (Fsp3) is 0.333. The third-order valence-electron chi connectivity index (χ3n) is 4.64. The second-order valence-corrected chi connectivity index (χ2v) is 6.98. The lowest BCUT2D eigenvalue weighted by Crippen LogP contribution is -2.38. The average Bonchev–Trinajstić information content (AvgIpc) is 2.80. The topological polar surface area (TPSA) is 162 Å². The first-order chi connectivity index (χ1) is 15.3. The first-order valence-electron chi connectivity index (χ1n) is 10.1. The van der Waals surface area contributed by atoms with Gasteiger partial charge < -0.3 is 11.1 Å². The Hall–Kier alpha value is -3.70. The first-order valence-corrected chi connectivity index (χ1v) is 10.1. The van der Waals surface area contributed by atoms with E-state index < -0.39 is 21.7 Å². The number of carbonyl (C=O) groups excluding carboxylic acids is 2. The molecule has 11 nitrogen and oxygen atoms in total. The van der Waals surface area contributed by atoms with Crippen molar-refractivity contribution in [3.8, 4) is 0 Å². The molecule has 0 radical (unpaired) electrons. The minimum absolute atomic E-state index is 0.0196. The number of amides is 2. The Kier molecular flexibility index (Phi) is 9.39. The molecular formula is C21H25N5O6. The summed E-state index contributed by atoms with van der Waals surface area (Å²) in [5, 5.41) is 25.3. The number of nitrogens with one attached hydrogen (secondary N) is 1. The molecule has 0 aliphatic rings. The quantitative estimate of drug-likeness (QED) is 0.219. The molecule has 0 aliphatic heterocycles. The lowest BCUT2D eigenvalue weighted by Gasteiger charge is -2.21. The van der Waals surface area contributed by atoms with Crippen LogP contribution in [0, 0.1) is 20.2 Å². The van der Waals surface area contributed by atoms with Crippen molar-refractivity contribution in [3.63, 3.8) is 0 Å². The van der Waals surface area contributed by atoms with Crippen molar-refractivity contribution in [2.75, 3.05) is 26.2 Å². The summed E-state index contributed by atoms with van der Waals surface area (Å²) in [6.45, 7) is 1.91. The lowest BCUT2D eigenvalue weighted by atomic mass is 10.1. The van der Waals surface area contributed by atoms with Gasteiger partial charge in [0.05, 0.1) is 9.85 Å². The summed E-state index contributed by atoms with van der Waals surface area (Å²) in [6.07, 6.45) is 2.22. The fourth-order valence-corrected chi connectivity index (χ4v) is 2.99. The molecule has 32 heavy (non-hydrogen) atoms. The highest BCUT2D eigenvalue weighted by Gasteiger charge is 2.26. The Morgan fingerprint density at radius 3 is 1.81 bits per heavy atom. The molecule has 170 valence electrons. The molecular weight excluding hydrogens is 418 g/mol. The van der Waals surface area contributed by atoms with Gasteiger partial charge >= 0.3 is 0 Å². The van der Waals surface area contributed by atoms with Gasteiger partial charge in [0.15, 0.2) is 0 Å². The van der Waals surface area contributed by atoms with Crippen molar-refractivity contribution >= 4 is 23.2 Å². The Labute approximate surface area is 184 Å². The number of nitrogens with two attached hydrogens (primary N) is 1. The summed E-state index contributed by atoms with van der Waals surface area (Å²) in [6, 6.07) is 10.2. The van der Waals surface area contributed by atoms with Crippen LogP contribution in [0.25, 0.3) is 0 Å². The second-order valence-electron chi connectivity index (χ2n) is 6.98. The molecule has 2 amide bonds. The molecule has 0 aliphatic carbocycles. The monoisotopic (exact) mass is 443 g/mol. The maximum Gasteiger partial charge on any atom is 0.270 e. The molecule has 2 rings (SSSR count). The Bertz CT molecular complexity index is 911. The molecule has 0 aromatic heterocycles. The van der Waals surface area contributed by atoms with E-state index in [-0.39, 0.29) is 29.0 Å². The highest BCUT2D eigenvalue weighted by atomic mass is 16.6. The van der Waals surface area contributed by atoms with Crippen LogP contribution in [-0.4, -0.2) is 52.7 Å². The lowest BCUT2D eigenvalue weighted by molar-refractivity contribution is -0.385. The van der Waals surface area contributed by atoms with E-state index in [1.165, 1.54) is 36.4 Å². The number of non-ortho nitro benzene ring substituents is 2. The predicted molar refractivity (Wildman–Crippen MR) is 117 cm³/mol. The third kappa shape index (κ3) is 6.93. The summed E-state index contributed by atoms with van der Waals surface area (Å²) in [7, 11) is 0. The molecule has 0 saturated heterocycles. The van der Waals surface area contributed by atoms with Crippen LogP contribution in [0.4, 0.5) is 11.4 Å². The fourth-order valence-electron chi connectivity index (χ4n) is 2.99. The number of unbranched alkanes of at least 4 members (excludes halogenated alkanes) is 1. The van der Waals surface area contributed by atoms with Gasteiger partial charge in [-0.1, -0.05) is 12.1 Å². The van der Waals surface area contributed by atoms with E-state index in [4.69, 9.17) is 5.73 Å². The number of rotatable bonds is 12. The molecule has 0 heterocycles. The number of nitro groups is 2. The minimum atomic E-state index is -0.715. The molecule has 3 N–H and O–H groups in total. The van der Waals surface area contributed by atoms with Crippen LogP contribution in [0.15, 0.2) is 48.5 Å². The van der Waals surface area contributed by atoms with E-state index in [0.717, 1.165) is 36.4 Å². The van der Waals surface area contributed by atoms with Crippen LogP contribution >= 0.6 is 0 Å². The summed E-state index contributed by atoms with van der Waals surface area (Å²) >= 11 is 0. The molecule has 0 unspecified atom stereocenters. The van der Waals surface area contributed by atoms with Crippen LogP contribution < -0.4 is 11.1 Å². The van der Waals surface area contributed by atoms with Crippen molar-refractivity contribution in [3.05, 3.63) is 79.9 Å². The number of benzene rings is 2.